The van der Waals surface area contributed by atoms with Crippen molar-refractivity contribution < 1.29 is 96.8 Å². The molecule has 10 N–H and O–H groups in total. The van der Waals surface area contributed by atoms with E-state index in [9.17, 15) is 68.4 Å². The van der Waals surface area contributed by atoms with Crippen LogP contribution in [-0.2, 0) is 42.8 Å². The summed E-state index contributed by atoms with van der Waals surface area (Å²) in [4.78, 5) is 41.4. The van der Waals surface area contributed by atoms with Crippen molar-refractivity contribution in [2.75, 3.05) is 26.3 Å². The second kappa shape index (κ2) is 22.9. The Kier molecular flexibility index (Phi) is 17.6. The molecule has 6 fully saturated rings. The Morgan fingerprint density at radius 1 is 0.987 bits per heavy atom. The zero-order valence-corrected chi connectivity index (χ0v) is 42.7. The number of allylic oxidation sites excluding steroid dienone is 4. The average molecular weight is 1080 g/mol. The molecule has 23 nitrogen and oxygen atoms in total. The molecule has 7 aliphatic rings. The van der Waals surface area contributed by atoms with Gasteiger partial charge in [-0.3, -0.25) is 14.4 Å². The number of alkyl halides is 1. The summed E-state index contributed by atoms with van der Waals surface area (Å²) in [6, 6.07) is -3.71. The SMILES string of the molecule is CCC[C@H](OC1C(NC(C)=O)[C@H](OC23CC(CO[C@@H](O)C(O)C([C@H](O)C(C)CO)n4cc(C5=CC(F)=C(F)C(F)C5C)nn4)CC(NC(C)=O)C2C3O[C@@H]2OC(C)[C@@H](O)C(O)C2O)OC2(CC2)[C@@H]1O)C(=O)N1CCC1. The van der Waals surface area contributed by atoms with E-state index in [0.717, 1.165) is 23.4 Å². The Labute approximate surface area is 431 Å². The van der Waals surface area contributed by atoms with Crippen molar-refractivity contribution >= 4 is 23.3 Å². The maximum Gasteiger partial charge on any atom is 0.251 e. The monoisotopic (exact) mass is 1070 g/mol. The summed E-state index contributed by atoms with van der Waals surface area (Å²) in [5.74, 6) is -8.01. The quantitative estimate of drug-likeness (QED) is 0.0666. The summed E-state index contributed by atoms with van der Waals surface area (Å²) in [7, 11) is 0. The highest BCUT2D eigenvalue weighted by Crippen LogP contribution is 2.62. The average Bonchev–Trinajstić information content (AvgIpc) is 4.19. The van der Waals surface area contributed by atoms with Crippen molar-refractivity contribution in [2.24, 2.45) is 23.7 Å². The molecule has 1 aromatic rings. The lowest BCUT2D eigenvalue weighted by Gasteiger charge is -2.48. The van der Waals surface area contributed by atoms with E-state index in [4.69, 9.17) is 28.4 Å². The number of amides is 3. The van der Waals surface area contributed by atoms with E-state index in [2.05, 4.69) is 20.9 Å². The second-order valence-electron chi connectivity index (χ2n) is 21.7. The minimum Gasteiger partial charge on any atom is -0.396 e. The van der Waals surface area contributed by atoms with Crippen LogP contribution in [0.25, 0.3) is 5.57 Å². The molecule has 1 aromatic heterocycles. The number of fused-ring (bicyclic) bond motifs is 1. The van der Waals surface area contributed by atoms with Crippen LogP contribution in [0.5, 0.6) is 0 Å². The van der Waals surface area contributed by atoms with E-state index in [1.54, 1.807) is 4.90 Å². The highest BCUT2D eigenvalue weighted by Gasteiger charge is 2.76. The van der Waals surface area contributed by atoms with Crippen molar-refractivity contribution in [3.8, 4) is 0 Å². The van der Waals surface area contributed by atoms with Crippen LogP contribution in [0, 0.1) is 23.7 Å². The van der Waals surface area contributed by atoms with Crippen molar-refractivity contribution in [1.29, 1.82) is 0 Å². The van der Waals surface area contributed by atoms with E-state index in [-0.39, 0.29) is 30.0 Å². The predicted octanol–water partition coefficient (Wildman–Crippen LogP) is -0.920. The van der Waals surface area contributed by atoms with Gasteiger partial charge in [0.1, 0.15) is 71.7 Å². The Bertz CT molecular complexity index is 2280. The Morgan fingerprint density at radius 3 is 2.29 bits per heavy atom. The molecule has 1 spiro atoms. The summed E-state index contributed by atoms with van der Waals surface area (Å²) >= 11 is 0. The Hall–Kier alpha value is -3.74. The third-order valence-corrected chi connectivity index (χ3v) is 16.1. The molecule has 8 rings (SSSR count). The third kappa shape index (κ3) is 11.4. The normalized spacial score (nSPS) is 38.5. The number of aromatic nitrogens is 3. The van der Waals surface area contributed by atoms with Gasteiger partial charge < -0.3 is 84.8 Å². The molecule has 22 atom stereocenters. The van der Waals surface area contributed by atoms with E-state index in [1.807, 2.05) is 6.92 Å². The topological polar surface area (TPSA) is 326 Å². The molecule has 3 amide bonds. The van der Waals surface area contributed by atoms with Gasteiger partial charge in [0.15, 0.2) is 36.7 Å². The molecular formula is C49H73F3N6O17. The molecule has 3 saturated carbocycles. The van der Waals surface area contributed by atoms with Gasteiger partial charge in [-0.15, -0.1) is 5.10 Å². The minimum atomic E-state index is -2.33. The maximum atomic E-state index is 14.7. The van der Waals surface area contributed by atoms with Crippen molar-refractivity contribution in [3.63, 3.8) is 0 Å². The van der Waals surface area contributed by atoms with Crippen molar-refractivity contribution in [1.82, 2.24) is 30.5 Å². The first kappa shape index (κ1) is 57.4. The van der Waals surface area contributed by atoms with Gasteiger partial charge in [0.05, 0.1) is 31.1 Å². The summed E-state index contributed by atoms with van der Waals surface area (Å²) in [5, 5.41) is 103. The van der Waals surface area contributed by atoms with Gasteiger partial charge in [-0.05, 0) is 63.0 Å². The van der Waals surface area contributed by atoms with E-state index >= 15 is 0 Å². The number of rotatable bonds is 21. The van der Waals surface area contributed by atoms with Crippen LogP contribution in [0.2, 0.25) is 0 Å². The van der Waals surface area contributed by atoms with Crippen molar-refractivity contribution in [3.05, 3.63) is 29.6 Å². The molecule has 422 valence electrons. The lowest BCUT2D eigenvalue weighted by molar-refractivity contribution is -0.320. The number of halogens is 3. The number of nitrogens with one attached hydrogen (secondary N) is 2. The molecule has 4 heterocycles. The fourth-order valence-corrected chi connectivity index (χ4v) is 11.5. The highest BCUT2D eigenvalue weighted by atomic mass is 19.2. The van der Waals surface area contributed by atoms with E-state index in [0.29, 0.717) is 38.8 Å². The van der Waals surface area contributed by atoms with Crippen LogP contribution in [0.15, 0.2) is 23.9 Å². The number of hydrogen-bond acceptors (Lipinski definition) is 19. The largest absolute Gasteiger partial charge is 0.396 e. The van der Waals surface area contributed by atoms with Gasteiger partial charge in [-0.1, -0.05) is 32.4 Å². The number of carbonyl (C=O) groups is 3. The number of ether oxygens (including phenoxy) is 6. The molecule has 0 bridgehead atoms. The number of carbonyl (C=O) groups excluding carboxylic acids is 3. The predicted molar refractivity (Wildman–Crippen MR) is 251 cm³/mol. The third-order valence-electron chi connectivity index (χ3n) is 16.1. The van der Waals surface area contributed by atoms with Gasteiger partial charge in [-0.2, -0.15) is 0 Å². The Morgan fingerprint density at radius 2 is 1.68 bits per heavy atom. The zero-order chi connectivity index (χ0) is 54.6. The van der Waals surface area contributed by atoms with Crippen LogP contribution in [-0.4, -0.2) is 214 Å². The number of aliphatic hydroxyl groups is 8. The first-order valence-electron chi connectivity index (χ1n) is 25.9. The molecule has 75 heavy (non-hydrogen) atoms. The minimum absolute atomic E-state index is 0.0427. The second-order valence-corrected chi connectivity index (χ2v) is 21.7. The molecule has 26 heteroatoms. The van der Waals surface area contributed by atoms with Gasteiger partial charge in [-0.25, -0.2) is 17.9 Å². The van der Waals surface area contributed by atoms with E-state index < -0.39 is 176 Å². The number of nitrogens with zero attached hydrogens (tertiary/aromatic N) is 4. The molecule has 0 radical (unpaired) electrons. The first-order chi connectivity index (χ1) is 35.5. The summed E-state index contributed by atoms with van der Waals surface area (Å²) < 4.78 is 82.7. The first-order valence-corrected chi connectivity index (χ1v) is 25.9. The smallest absolute Gasteiger partial charge is 0.251 e. The number of aliphatic hydroxyl groups excluding tert-OH is 8. The van der Waals surface area contributed by atoms with Gasteiger partial charge in [0.25, 0.3) is 5.91 Å². The molecule has 3 aliphatic heterocycles. The summed E-state index contributed by atoms with van der Waals surface area (Å²) in [6.45, 7) is 8.71. The number of likely N-dealkylation sites (tertiary alicyclic amines) is 1. The molecule has 3 saturated heterocycles. The lowest BCUT2D eigenvalue weighted by Crippen LogP contribution is -2.67. The lowest BCUT2D eigenvalue weighted by atomic mass is 9.83. The highest BCUT2D eigenvalue weighted by molar-refractivity contribution is 5.81. The molecule has 0 aromatic carbocycles. The Balaban J connectivity index is 1.10. The zero-order valence-electron chi connectivity index (χ0n) is 42.7. The van der Waals surface area contributed by atoms with Gasteiger partial charge >= 0.3 is 0 Å². The van der Waals surface area contributed by atoms with Gasteiger partial charge in [0.2, 0.25) is 11.8 Å². The van der Waals surface area contributed by atoms with Gasteiger partial charge in [0, 0.05) is 57.3 Å². The fraction of sp³-hybridized carbons (Fsp3) is 0.816. The van der Waals surface area contributed by atoms with Crippen LogP contribution < -0.4 is 10.6 Å². The van der Waals surface area contributed by atoms with E-state index in [1.165, 1.54) is 34.6 Å². The van der Waals surface area contributed by atoms with Crippen LogP contribution in [0.4, 0.5) is 13.2 Å². The standard InChI is InChI=1S/C49H73F3N6O17/c1-7-9-30(44(68)57-12-8-13-57)72-41-34(54-24(6)61)46(74-48(10-11-48)42(41)67)75-49-16-25(14-28(53-23(5)60)31(49)43(49)73-47-40(66)39(65)37(63)22(4)71-47)19-70-45(69)38(64)35(36(62)20(2)18-59)58-17-29(55-56-58)26-15-27(50)33(52)32(51)21(26)3/h15,17,20-22,25,28,30-32,34-43,45-47,59,62-67,69H,7-14,16,18-19H2,1-6H3,(H,53,60)(H,54,61)/t20?,21?,22?,25?,28?,30-,31?,32?,34?,35?,36+,37+,38?,39?,40?,41?,42+,43?,45+,46-,47-,49?/m0/s1. The maximum absolute atomic E-state index is 14.7. The molecule has 4 aliphatic carbocycles. The fourth-order valence-electron chi connectivity index (χ4n) is 11.5. The summed E-state index contributed by atoms with van der Waals surface area (Å²) in [6.07, 6.45) is -17.4. The summed E-state index contributed by atoms with van der Waals surface area (Å²) in [5.41, 5.74) is -3.00. The molecule has 15 unspecified atom stereocenters. The van der Waals surface area contributed by atoms with Crippen LogP contribution in [0.3, 0.4) is 0 Å². The number of hydrogen-bond donors (Lipinski definition) is 10. The van der Waals surface area contributed by atoms with Crippen LogP contribution in [0.1, 0.15) is 98.2 Å². The van der Waals surface area contributed by atoms with Crippen LogP contribution >= 0.6 is 0 Å². The van der Waals surface area contributed by atoms with Crippen molar-refractivity contribution in [2.45, 2.75) is 202 Å². The molecular weight excluding hydrogens is 1000 g/mol.